The number of allylic oxidation sites excluding steroid dienone is 1. The molecule has 0 fully saturated rings. The molecule has 1 amide bonds. The van der Waals surface area contributed by atoms with Crippen LogP contribution in [0.15, 0.2) is 11.6 Å². The van der Waals surface area contributed by atoms with Crippen LogP contribution in [0.5, 0.6) is 0 Å². The van der Waals surface area contributed by atoms with Crippen LogP contribution in [0.3, 0.4) is 0 Å². The average Bonchev–Trinajstić information content (AvgIpc) is 2.81. The Morgan fingerprint density at radius 1 is 1.47 bits per heavy atom. The second-order valence-corrected chi connectivity index (χ2v) is 5.00. The highest BCUT2D eigenvalue weighted by atomic mass is 16.2. The quantitative estimate of drug-likeness (QED) is 0.669. The van der Waals surface area contributed by atoms with Gasteiger partial charge in [0.25, 0.3) is 0 Å². The standard InChI is InChI=1S/C14H26N2O/c1-4-11(2)16-14(17)12(3)15-10-9-13-7-5-6-8-13/h7,11-12,15H,4-6,8-10H2,1-3H3,(H,16,17). The van der Waals surface area contributed by atoms with E-state index < -0.39 is 0 Å². The summed E-state index contributed by atoms with van der Waals surface area (Å²) in [5.41, 5.74) is 1.55. The van der Waals surface area contributed by atoms with Gasteiger partial charge in [-0.05, 0) is 52.5 Å². The van der Waals surface area contributed by atoms with Gasteiger partial charge in [0.2, 0.25) is 5.91 Å². The van der Waals surface area contributed by atoms with Gasteiger partial charge in [0.15, 0.2) is 0 Å². The van der Waals surface area contributed by atoms with E-state index in [0.717, 1.165) is 19.4 Å². The van der Waals surface area contributed by atoms with Crippen molar-refractivity contribution in [1.82, 2.24) is 10.6 Å². The van der Waals surface area contributed by atoms with Crippen molar-refractivity contribution in [1.29, 1.82) is 0 Å². The fourth-order valence-corrected chi connectivity index (χ4v) is 1.98. The first kappa shape index (κ1) is 14.2. The molecule has 17 heavy (non-hydrogen) atoms. The maximum absolute atomic E-state index is 11.8. The van der Waals surface area contributed by atoms with Crippen LogP contribution in [-0.2, 0) is 4.79 Å². The molecule has 2 N–H and O–H groups in total. The summed E-state index contributed by atoms with van der Waals surface area (Å²) in [7, 11) is 0. The van der Waals surface area contributed by atoms with E-state index in [2.05, 4.69) is 23.6 Å². The highest BCUT2D eigenvalue weighted by Gasteiger charge is 2.13. The van der Waals surface area contributed by atoms with Gasteiger partial charge in [-0.15, -0.1) is 0 Å². The number of carbonyl (C=O) groups is 1. The summed E-state index contributed by atoms with van der Waals surface area (Å²) in [5.74, 6) is 0.111. The smallest absolute Gasteiger partial charge is 0.237 e. The predicted octanol–water partition coefficient (Wildman–Crippen LogP) is 2.38. The minimum absolute atomic E-state index is 0.0917. The molecule has 0 bridgehead atoms. The lowest BCUT2D eigenvalue weighted by atomic mass is 10.1. The first-order valence-corrected chi connectivity index (χ1v) is 6.85. The average molecular weight is 238 g/mol. The Morgan fingerprint density at radius 3 is 2.82 bits per heavy atom. The zero-order valence-electron chi connectivity index (χ0n) is 11.4. The molecule has 0 spiro atoms. The van der Waals surface area contributed by atoms with E-state index >= 15 is 0 Å². The predicted molar refractivity (Wildman–Crippen MR) is 71.9 cm³/mol. The molecule has 3 heteroatoms. The lowest BCUT2D eigenvalue weighted by molar-refractivity contribution is -0.123. The molecule has 3 nitrogen and oxygen atoms in total. The third kappa shape index (κ3) is 5.35. The van der Waals surface area contributed by atoms with Crippen LogP contribution in [0.2, 0.25) is 0 Å². The van der Waals surface area contributed by atoms with Crippen LogP contribution in [-0.4, -0.2) is 24.5 Å². The molecule has 0 radical (unpaired) electrons. The summed E-state index contributed by atoms with van der Waals surface area (Å²) >= 11 is 0. The zero-order chi connectivity index (χ0) is 12.7. The summed E-state index contributed by atoms with van der Waals surface area (Å²) in [5, 5.41) is 6.28. The molecule has 0 aromatic rings. The van der Waals surface area contributed by atoms with Crippen LogP contribution in [0.25, 0.3) is 0 Å². The molecule has 0 aromatic carbocycles. The third-order valence-corrected chi connectivity index (χ3v) is 3.43. The van der Waals surface area contributed by atoms with Crippen molar-refractivity contribution >= 4 is 5.91 Å². The van der Waals surface area contributed by atoms with E-state index in [9.17, 15) is 4.79 Å². The monoisotopic (exact) mass is 238 g/mol. The van der Waals surface area contributed by atoms with Crippen molar-refractivity contribution in [2.75, 3.05) is 6.54 Å². The fraction of sp³-hybridized carbons (Fsp3) is 0.786. The van der Waals surface area contributed by atoms with Crippen LogP contribution < -0.4 is 10.6 Å². The Morgan fingerprint density at radius 2 is 2.24 bits per heavy atom. The topological polar surface area (TPSA) is 41.1 Å². The first-order chi connectivity index (χ1) is 8.13. The van der Waals surface area contributed by atoms with Crippen LogP contribution in [0.4, 0.5) is 0 Å². The number of amides is 1. The highest BCUT2D eigenvalue weighted by Crippen LogP contribution is 2.19. The Bertz CT molecular complexity index is 273. The molecule has 0 heterocycles. The Balaban J connectivity index is 2.15. The van der Waals surface area contributed by atoms with Crippen molar-refractivity contribution in [2.24, 2.45) is 0 Å². The molecule has 0 aliphatic heterocycles. The molecule has 0 aromatic heterocycles. The van der Waals surface area contributed by atoms with Gasteiger partial charge in [-0.2, -0.15) is 0 Å². The summed E-state index contributed by atoms with van der Waals surface area (Å²) in [6, 6.07) is 0.176. The largest absolute Gasteiger partial charge is 0.352 e. The van der Waals surface area contributed by atoms with Crippen molar-refractivity contribution in [3.8, 4) is 0 Å². The Hall–Kier alpha value is -0.830. The molecule has 2 atom stereocenters. The molecule has 2 unspecified atom stereocenters. The van der Waals surface area contributed by atoms with Crippen LogP contribution in [0.1, 0.15) is 52.9 Å². The maximum Gasteiger partial charge on any atom is 0.237 e. The molecule has 98 valence electrons. The van der Waals surface area contributed by atoms with Gasteiger partial charge in [0, 0.05) is 6.04 Å². The highest BCUT2D eigenvalue weighted by molar-refractivity contribution is 5.81. The van der Waals surface area contributed by atoms with Crippen LogP contribution >= 0.6 is 0 Å². The summed E-state index contributed by atoms with van der Waals surface area (Å²) in [6.07, 6.45) is 8.19. The van der Waals surface area contributed by atoms with E-state index in [1.807, 2.05) is 13.8 Å². The summed E-state index contributed by atoms with van der Waals surface area (Å²) < 4.78 is 0. The molecule has 0 saturated carbocycles. The number of hydrogen-bond acceptors (Lipinski definition) is 2. The number of carbonyl (C=O) groups excluding carboxylic acids is 1. The molecule has 1 rings (SSSR count). The minimum atomic E-state index is -0.0917. The first-order valence-electron chi connectivity index (χ1n) is 6.85. The normalized spacial score (nSPS) is 18.6. The SMILES string of the molecule is CCC(C)NC(=O)C(C)NCCC1=CCCC1. The van der Waals surface area contributed by atoms with Gasteiger partial charge in [-0.1, -0.05) is 18.6 Å². The van der Waals surface area contributed by atoms with Crippen molar-refractivity contribution in [3.05, 3.63) is 11.6 Å². The van der Waals surface area contributed by atoms with E-state index in [1.54, 1.807) is 5.57 Å². The number of nitrogens with one attached hydrogen (secondary N) is 2. The fourth-order valence-electron chi connectivity index (χ4n) is 1.98. The maximum atomic E-state index is 11.8. The van der Waals surface area contributed by atoms with Gasteiger partial charge in [0.05, 0.1) is 6.04 Å². The van der Waals surface area contributed by atoms with Gasteiger partial charge in [-0.3, -0.25) is 4.79 Å². The molecule has 1 aliphatic rings. The van der Waals surface area contributed by atoms with E-state index in [4.69, 9.17) is 0 Å². The van der Waals surface area contributed by atoms with Gasteiger partial charge < -0.3 is 10.6 Å². The van der Waals surface area contributed by atoms with Crippen molar-refractivity contribution in [2.45, 2.75) is 65.0 Å². The summed E-state index contributed by atoms with van der Waals surface area (Å²) in [4.78, 5) is 11.8. The van der Waals surface area contributed by atoms with Gasteiger partial charge in [0.1, 0.15) is 0 Å². The second-order valence-electron chi connectivity index (χ2n) is 5.00. The second kappa shape index (κ2) is 7.49. The number of hydrogen-bond donors (Lipinski definition) is 2. The van der Waals surface area contributed by atoms with Crippen LogP contribution in [0, 0.1) is 0 Å². The Kier molecular flexibility index (Phi) is 6.27. The number of rotatable bonds is 7. The third-order valence-electron chi connectivity index (χ3n) is 3.43. The molecular formula is C14H26N2O. The van der Waals surface area contributed by atoms with E-state index in [1.165, 1.54) is 19.3 Å². The van der Waals surface area contributed by atoms with E-state index in [0.29, 0.717) is 0 Å². The summed E-state index contributed by atoms with van der Waals surface area (Å²) in [6.45, 7) is 6.95. The van der Waals surface area contributed by atoms with Crippen molar-refractivity contribution < 1.29 is 4.79 Å². The minimum Gasteiger partial charge on any atom is -0.352 e. The lowest BCUT2D eigenvalue weighted by Gasteiger charge is -2.17. The molecule has 1 aliphatic carbocycles. The van der Waals surface area contributed by atoms with Gasteiger partial charge >= 0.3 is 0 Å². The molecule has 0 saturated heterocycles. The van der Waals surface area contributed by atoms with Gasteiger partial charge in [-0.25, -0.2) is 0 Å². The van der Waals surface area contributed by atoms with Crippen molar-refractivity contribution in [3.63, 3.8) is 0 Å². The lowest BCUT2D eigenvalue weighted by Crippen LogP contribution is -2.45. The van der Waals surface area contributed by atoms with E-state index in [-0.39, 0.29) is 18.0 Å². The Labute approximate surface area is 105 Å². The zero-order valence-corrected chi connectivity index (χ0v) is 11.4. The molecular weight excluding hydrogens is 212 g/mol.